The van der Waals surface area contributed by atoms with Crippen LogP contribution in [0.25, 0.3) is 10.9 Å². The third kappa shape index (κ3) is 4.76. The van der Waals surface area contributed by atoms with E-state index in [4.69, 9.17) is 10.8 Å². The summed E-state index contributed by atoms with van der Waals surface area (Å²) in [7, 11) is 2.08. The minimum absolute atomic E-state index is 0.0984. The zero-order valence-electron chi connectivity index (χ0n) is 17.5. The molecule has 5 N–H and O–H groups in total. The van der Waals surface area contributed by atoms with E-state index in [9.17, 15) is 4.79 Å². The summed E-state index contributed by atoms with van der Waals surface area (Å²) in [5.41, 5.74) is 2.19. The Kier molecular flexibility index (Phi) is 6.22. The van der Waals surface area contributed by atoms with Crippen LogP contribution in [-0.4, -0.2) is 70.7 Å². The summed E-state index contributed by atoms with van der Waals surface area (Å²) in [6, 6.07) is 8.53. The van der Waals surface area contributed by atoms with Gasteiger partial charge in [0.1, 0.15) is 0 Å². The molecule has 1 aliphatic heterocycles. The maximum absolute atomic E-state index is 12.4. The largest absolute Gasteiger partial charge is 0.361 e. The van der Waals surface area contributed by atoms with E-state index in [1.807, 2.05) is 36.2 Å². The molecule has 2 heterocycles. The Balaban J connectivity index is 1.52. The number of carbonyl (C=O) groups is 1. The van der Waals surface area contributed by atoms with Crippen LogP contribution in [0, 0.1) is 10.8 Å². The van der Waals surface area contributed by atoms with Crippen LogP contribution in [-0.2, 0) is 11.2 Å². The Morgan fingerprint density at radius 2 is 1.90 bits per heavy atom. The fraction of sp³-hybridized carbons (Fsp3) is 0.476. The molecular formula is C21H31N7O. The van der Waals surface area contributed by atoms with Crippen molar-refractivity contribution >= 4 is 28.6 Å². The van der Waals surface area contributed by atoms with Gasteiger partial charge in [0, 0.05) is 48.3 Å². The molecule has 8 nitrogen and oxygen atoms in total. The van der Waals surface area contributed by atoms with Crippen molar-refractivity contribution in [3.05, 3.63) is 36.0 Å². The lowest BCUT2D eigenvalue weighted by atomic mass is 10.1. The number of H-pyrrole nitrogens is 1. The van der Waals surface area contributed by atoms with Crippen molar-refractivity contribution in [2.45, 2.75) is 45.3 Å². The number of aromatic amines is 1. The SMILES string of the molecule is CC(Cc1c[nH]c2ccccc12)NC(=O)C(=N)NC(=N)N1C[C@@H](C)N(C)[C@@H](C)C1. The number of aromatic nitrogens is 1. The molecule has 1 aliphatic rings. The van der Waals surface area contributed by atoms with Crippen LogP contribution in [0.4, 0.5) is 0 Å². The standard InChI is InChI=1S/C21H31N7O/c1-13(9-16-10-24-18-8-6-5-7-17(16)18)25-20(29)19(22)26-21(23)28-11-14(2)27(4)15(3)12-28/h5-8,10,13-15,24H,9,11-12H2,1-4H3,(H,25,29)(H3,22,23,26)/t13?,14-,15+. The predicted molar refractivity (Wildman–Crippen MR) is 116 cm³/mol. The van der Waals surface area contributed by atoms with Crippen LogP contribution >= 0.6 is 0 Å². The Labute approximate surface area is 171 Å². The highest BCUT2D eigenvalue weighted by Crippen LogP contribution is 2.19. The molecule has 29 heavy (non-hydrogen) atoms. The molecule has 3 atom stereocenters. The third-order valence-electron chi connectivity index (χ3n) is 5.72. The summed E-state index contributed by atoms with van der Waals surface area (Å²) in [4.78, 5) is 19.8. The molecule has 1 aromatic carbocycles. The number of nitrogens with zero attached hydrogens (tertiary/aromatic N) is 2. The minimum Gasteiger partial charge on any atom is -0.361 e. The number of para-hydroxylation sites is 1. The number of fused-ring (bicyclic) bond motifs is 1. The Bertz CT molecular complexity index is 893. The number of amidine groups is 1. The molecule has 1 fully saturated rings. The number of likely N-dealkylation sites (N-methyl/N-ethyl adjacent to an activating group) is 1. The quantitative estimate of drug-likeness (QED) is 0.401. The number of hydrogen-bond donors (Lipinski definition) is 5. The van der Waals surface area contributed by atoms with E-state index in [1.165, 1.54) is 0 Å². The number of amides is 1. The van der Waals surface area contributed by atoms with Gasteiger partial charge in [-0.05, 0) is 45.9 Å². The summed E-state index contributed by atoms with van der Waals surface area (Å²) in [5, 5.41) is 23.0. The van der Waals surface area contributed by atoms with E-state index in [2.05, 4.69) is 47.5 Å². The maximum Gasteiger partial charge on any atom is 0.286 e. The molecule has 3 rings (SSSR count). The van der Waals surface area contributed by atoms with Gasteiger partial charge in [0.05, 0.1) is 0 Å². The minimum atomic E-state index is -0.502. The number of carbonyl (C=O) groups excluding carboxylic acids is 1. The molecule has 1 unspecified atom stereocenters. The number of guanidine groups is 1. The van der Waals surface area contributed by atoms with E-state index >= 15 is 0 Å². The van der Waals surface area contributed by atoms with E-state index in [0.29, 0.717) is 31.6 Å². The smallest absolute Gasteiger partial charge is 0.286 e. The van der Waals surface area contributed by atoms with E-state index < -0.39 is 5.91 Å². The molecule has 0 bridgehead atoms. The van der Waals surface area contributed by atoms with Gasteiger partial charge in [-0.15, -0.1) is 0 Å². The summed E-state index contributed by atoms with van der Waals surface area (Å²) >= 11 is 0. The molecular weight excluding hydrogens is 366 g/mol. The third-order valence-corrected chi connectivity index (χ3v) is 5.72. The highest BCUT2D eigenvalue weighted by molar-refractivity contribution is 6.39. The zero-order valence-corrected chi connectivity index (χ0v) is 17.5. The van der Waals surface area contributed by atoms with Gasteiger partial charge < -0.3 is 20.5 Å². The first-order valence-corrected chi connectivity index (χ1v) is 10.0. The van der Waals surface area contributed by atoms with Gasteiger partial charge >= 0.3 is 0 Å². The molecule has 1 aromatic heterocycles. The van der Waals surface area contributed by atoms with Crippen molar-refractivity contribution in [3.8, 4) is 0 Å². The molecule has 2 aromatic rings. The Morgan fingerprint density at radius 1 is 1.24 bits per heavy atom. The van der Waals surface area contributed by atoms with Crippen molar-refractivity contribution in [3.63, 3.8) is 0 Å². The van der Waals surface area contributed by atoms with Gasteiger partial charge in [-0.25, -0.2) is 0 Å². The normalized spacial score (nSPS) is 21.0. The Morgan fingerprint density at radius 3 is 2.59 bits per heavy atom. The molecule has 8 heteroatoms. The van der Waals surface area contributed by atoms with Crippen LogP contribution in [0.15, 0.2) is 30.5 Å². The first kappa shape index (κ1) is 20.9. The summed E-state index contributed by atoms with van der Waals surface area (Å²) in [6.45, 7) is 7.53. The Hall–Kier alpha value is -2.87. The number of hydrogen-bond acceptors (Lipinski definition) is 4. The zero-order chi connectivity index (χ0) is 21.1. The monoisotopic (exact) mass is 397 g/mol. The summed E-state index contributed by atoms with van der Waals surface area (Å²) in [5.74, 6) is -0.710. The van der Waals surface area contributed by atoms with Crippen molar-refractivity contribution in [2.24, 2.45) is 0 Å². The van der Waals surface area contributed by atoms with E-state index in [-0.39, 0.29) is 17.8 Å². The van der Waals surface area contributed by atoms with Gasteiger partial charge in [0.2, 0.25) is 0 Å². The van der Waals surface area contributed by atoms with Gasteiger partial charge in [-0.1, -0.05) is 18.2 Å². The van der Waals surface area contributed by atoms with Crippen LogP contribution < -0.4 is 10.6 Å². The van der Waals surface area contributed by atoms with E-state index in [0.717, 1.165) is 16.5 Å². The fourth-order valence-corrected chi connectivity index (χ4v) is 3.82. The van der Waals surface area contributed by atoms with Gasteiger partial charge in [-0.2, -0.15) is 0 Å². The van der Waals surface area contributed by atoms with Crippen molar-refractivity contribution < 1.29 is 4.79 Å². The second-order valence-corrected chi connectivity index (χ2v) is 8.06. The molecule has 156 valence electrons. The number of rotatable bonds is 3. The highest BCUT2D eigenvalue weighted by Gasteiger charge is 2.28. The van der Waals surface area contributed by atoms with Crippen LogP contribution in [0.1, 0.15) is 26.3 Å². The highest BCUT2D eigenvalue weighted by atomic mass is 16.2. The topological polar surface area (TPSA) is 111 Å². The maximum atomic E-state index is 12.4. The number of benzene rings is 1. The first-order chi connectivity index (χ1) is 13.8. The molecule has 1 amide bonds. The van der Waals surface area contributed by atoms with Crippen LogP contribution in [0.3, 0.4) is 0 Å². The summed E-state index contributed by atoms with van der Waals surface area (Å²) < 4.78 is 0. The lowest BCUT2D eigenvalue weighted by molar-refractivity contribution is -0.115. The molecule has 0 aliphatic carbocycles. The number of nitrogens with one attached hydrogen (secondary N) is 5. The average molecular weight is 398 g/mol. The molecule has 1 saturated heterocycles. The lowest BCUT2D eigenvalue weighted by Gasteiger charge is -2.43. The van der Waals surface area contributed by atoms with Crippen molar-refractivity contribution in [1.82, 2.24) is 25.4 Å². The van der Waals surface area contributed by atoms with Gasteiger partial charge in [0.25, 0.3) is 5.91 Å². The summed E-state index contributed by atoms with van der Waals surface area (Å²) in [6.07, 6.45) is 2.62. The van der Waals surface area contributed by atoms with Gasteiger partial charge in [0.15, 0.2) is 11.8 Å². The second-order valence-electron chi connectivity index (χ2n) is 8.06. The van der Waals surface area contributed by atoms with Crippen LogP contribution in [0.5, 0.6) is 0 Å². The molecule has 0 radical (unpaired) electrons. The van der Waals surface area contributed by atoms with Crippen molar-refractivity contribution in [2.75, 3.05) is 20.1 Å². The van der Waals surface area contributed by atoms with Crippen LogP contribution in [0.2, 0.25) is 0 Å². The average Bonchev–Trinajstić information content (AvgIpc) is 3.08. The molecule has 0 saturated carbocycles. The second kappa shape index (κ2) is 8.65. The lowest BCUT2D eigenvalue weighted by Crippen LogP contribution is -2.60. The van der Waals surface area contributed by atoms with Gasteiger partial charge in [-0.3, -0.25) is 20.5 Å². The number of piperazine rings is 1. The predicted octanol–water partition coefficient (Wildman–Crippen LogP) is 1.74. The van der Waals surface area contributed by atoms with E-state index in [1.54, 1.807) is 0 Å². The fourth-order valence-electron chi connectivity index (χ4n) is 3.82. The van der Waals surface area contributed by atoms with Crippen molar-refractivity contribution in [1.29, 1.82) is 10.8 Å². The first-order valence-electron chi connectivity index (χ1n) is 10.0. The molecule has 0 spiro atoms.